The normalized spacial score (nSPS) is 5.88. The van der Waals surface area contributed by atoms with Crippen molar-refractivity contribution in [3.63, 3.8) is 0 Å². The van der Waals surface area contributed by atoms with Gasteiger partial charge in [0.25, 0.3) is 0 Å². The minimum Gasteiger partial charge on any atom is -1.00 e. The van der Waals surface area contributed by atoms with Crippen LogP contribution < -0.4 is 42.0 Å². The van der Waals surface area contributed by atoms with E-state index in [2.05, 4.69) is 0 Å². The van der Waals surface area contributed by atoms with Crippen LogP contribution in [0, 0.1) is 0 Å². The molecule has 0 nitrogen and oxygen atoms in total. The second kappa shape index (κ2) is 11.4. The van der Waals surface area contributed by atoms with Crippen molar-refractivity contribution in [1.29, 1.82) is 0 Å². The molecule has 0 saturated carbocycles. The Labute approximate surface area is 88.3 Å². The monoisotopic (exact) mass is 182 g/mol. The Morgan fingerprint density at radius 2 is 1.88 bits per heavy atom. The summed E-state index contributed by atoms with van der Waals surface area (Å²) in [6.45, 7) is 1.98. The van der Waals surface area contributed by atoms with Gasteiger partial charge in [-0.25, -0.2) is 0 Å². The molecule has 0 aliphatic carbocycles. The van der Waals surface area contributed by atoms with Gasteiger partial charge in [-0.1, -0.05) is 36.2 Å². The van der Waals surface area contributed by atoms with Crippen LogP contribution in [0.25, 0.3) is 0 Å². The number of rotatable bonds is 1. The second-order valence-electron chi connectivity index (χ2n) is 0.902. The van der Waals surface area contributed by atoms with Crippen LogP contribution in [0.1, 0.15) is 13.3 Å². The average Bonchev–Trinajstić information content (AvgIpc) is 1.35. The first-order valence-corrected chi connectivity index (χ1v) is 2.54. The first-order valence-electron chi connectivity index (χ1n) is 1.78. The summed E-state index contributed by atoms with van der Waals surface area (Å²) in [5.41, 5.74) is 0. The molecule has 0 unspecified atom stereocenters. The zero-order valence-corrected chi connectivity index (χ0v) is 9.19. The van der Waals surface area contributed by atoms with Crippen molar-refractivity contribution in [1.82, 2.24) is 0 Å². The molecular weight excluding hydrogens is 177 g/mol. The molecule has 0 heterocycles. The molecule has 44 valence electrons. The molecule has 0 bridgehead atoms. The van der Waals surface area contributed by atoms with E-state index in [1.165, 1.54) is 0 Å². The van der Waals surface area contributed by atoms with E-state index >= 15 is 0 Å². The van der Waals surface area contributed by atoms with E-state index in [4.69, 9.17) is 23.2 Å². The van der Waals surface area contributed by atoms with Gasteiger partial charge in [0.2, 0.25) is 0 Å². The molecule has 8 heavy (non-hydrogen) atoms. The molecule has 0 aromatic rings. The van der Waals surface area contributed by atoms with E-state index in [-0.39, 0.29) is 42.0 Å². The van der Waals surface area contributed by atoms with Gasteiger partial charge in [0.05, 0.1) is 0 Å². The third-order valence-corrected chi connectivity index (χ3v) is 0.667. The Balaban J connectivity index is -0.000000125. The van der Waals surface area contributed by atoms with Gasteiger partial charge < -0.3 is 12.4 Å². The molecule has 0 spiro atoms. The van der Waals surface area contributed by atoms with Crippen LogP contribution >= 0.6 is 23.2 Å². The fourth-order valence-electron chi connectivity index (χ4n) is 0.154. The van der Waals surface area contributed by atoms with Crippen molar-refractivity contribution >= 4 is 23.2 Å². The van der Waals surface area contributed by atoms with Gasteiger partial charge in [0, 0.05) is 0 Å². The maximum atomic E-state index is 5.20. The van der Waals surface area contributed by atoms with Crippen molar-refractivity contribution < 1.29 is 42.0 Å². The van der Waals surface area contributed by atoms with Crippen molar-refractivity contribution in [2.45, 2.75) is 13.3 Å². The Kier molecular flexibility index (Phi) is 23.3. The van der Waals surface area contributed by atoms with Crippen LogP contribution in [0.4, 0.5) is 0 Å². The van der Waals surface area contributed by atoms with Crippen molar-refractivity contribution in [3.8, 4) is 0 Å². The molecule has 0 aliphatic rings. The first kappa shape index (κ1) is 16.3. The molecule has 0 aliphatic heterocycles. The first-order chi connectivity index (χ1) is 2.77. The molecule has 0 atom stereocenters. The summed E-state index contributed by atoms with van der Waals surface area (Å²) >= 11 is 10.4. The molecular formula is C4H6Cl3Na. The summed E-state index contributed by atoms with van der Waals surface area (Å²) in [6, 6.07) is 0. The maximum absolute atomic E-state index is 5.20. The van der Waals surface area contributed by atoms with Crippen LogP contribution in [0.15, 0.2) is 10.6 Å². The third kappa shape index (κ3) is 15.6. The van der Waals surface area contributed by atoms with E-state index in [1.54, 1.807) is 6.08 Å². The number of hydrogen-bond donors (Lipinski definition) is 0. The summed E-state index contributed by atoms with van der Waals surface area (Å²) in [5.74, 6) is 0. The molecule has 0 aromatic heterocycles. The fourth-order valence-corrected chi connectivity index (χ4v) is 0.463. The minimum atomic E-state index is 0. The quantitative estimate of drug-likeness (QED) is 0.374. The summed E-state index contributed by atoms with van der Waals surface area (Å²) in [6.07, 6.45) is 2.64. The Morgan fingerprint density at radius 3 is 1.88 bits per heavy atom. The van der Waals surface area contributed by atoms with Crippen LogP contribution in [-0.4, -0.2) is 0 Å². The summed E-state index contributed by atoms with van der Waals surface area (Å²) in [7, 11) is 0. The van der Waals surface area contributed by atoms with Gasteiger partial charge in [0.1, 0.15) is 4.49 Å². The zero-order chi connectivity index (χ0) is 4.99. The van der Waals surface area contributed by atoms with Crippen molar-refractivity contribution in [2.24, 2.45) is 0 Å². The van der Waals surface area contributed by atoms with Crippen molar-refractivity contribution in [3.05, 3.63) is 10.6 Å². The molecule has 0 radical (unpaired) electrons. The molecule has 0 saturated heterocycles. The van der Waals surface area contributed by atoms with Gasteiger partial charge in [-0.2, -0.15) is 0 Å². The van der Waals surface area contributed by atoms with Crippen molar-refractivity contribution in [2.75, 3.05) is 0 Å². The molecule has 0 N–H and O–H groups in total. The molecule has 4 heteroatoms. The van der Waals surface area contributed by atoms with E-state index in [0.29, 0.717) is 4.49 Å². The zero-order valence-electron chi connectivity index (χ0n) is 4.92. The number of halogens is 3. The maximum Gasteiger partial charge on any atom is 1.00 e. The SMILES string of the molecule is CCC=C(Cl)Cl.[Cl-].[Na+]. The summed E-state index contributed by atoms with van der Waals surface area (Å²) < 4.78 is 0.359. The smallest absolute Gasteiger partial charge is 1.00 e. The van der Waals surface area contributed by atoms with Gasteiger partial charge in [0.15, 0.2) is 0 Å². The van der Waals surface area contributed by atoms with Gasteiger partial charge in [-0.15, -0.1) is 0 Å². The van der Waals surface area contributed by atoms with Crippen LogP contribution in [0.5, 0.6) is 0 Å². The van der Waals surface area contributed by atoms with E-state index in [0.717, 1.165) is 6.42 Å². The molecule has 0 aromatic carbocycles. The third-order valence-electron chi connectivity index (χ3n) is 0.358. The van der Waals surface area contributed by atoms with Gasteiger partial charge >= 0.3 is 29.6 Å². The van der Waals surface area contributed by atoms with E-state index in [9.17, 15) is 0 Å². The Morgan fingerprint density at radius 1 is 1.50 bits per heavy atom. The number of hydrogen-bond acceptors (Lipinski definition) is 0. The molecule has 0 rings (SSSR count). The Bertz CT molecular complexity index is 58.3. The predicted octanol–water partition coefficient (Wildman–Crippen LogP) is -3.28. The minimum absolute atomic E-state index is 0. The van der Waals surface area contributed by atoms with Crippen LogP contribution in [0.3, 0.4) is 0 Å². The average molecular weight is 183 g/mol. The molecule has 0 fully saturated rings. The predicted molar refractivity (Wildman–Crippen MR) is 30.1 cm³/mol. The Hall–Kier alpha value is 1.61. The summed E-state index contributed by atoms with van der Waals surface area (Å²) in [4.78, 5) is 0. The number of allylic oxidation sites excluding steroid dienone is 1. The van der Waals surface area contributed by atoms with Gasteiger partial charge in [-0.3, -0.25) is 0 Å². The van der Waals surface area contributed by atoms with Gasteiger partial charge in [-0.05, 0) is 6.42 Å². The molecule has 0 amide bonds. The van der Waals surface area contributed by atoms with Crippen LogP contribution in [-0.2, 0) is 0 Å². The topological polar surface area (TPSA) is 0 Å². The largest absolute Gasteiger partial charge is 1.00 e. The van der Waals surface area contributed by atoms with Crippen LogP contribution in [0.2, 0.25) is 0 Å². The fraction of sp³-hybridized carbons (Fsp3) is 0.500. The van der Waals surface area contributed by atoms with E-state index in [1.807, 2.05) is 6.92 Å². The van der Waals surface area contributed by atoms with E-state index < -0.39 is 0 Å². The standard InChI is InChI=1S/C4H6Cl2.ClH.Na/c1-2-3-4(5)6;;/h3H,2H2,1H3;1H;/q;;+1/p-1. The summed E-state index contributed by atoms with van der Waals surface area (Å²) in [5, 5.41) is 0. The second-order valence-corrected chi connectivity index (χ2v) is 1.91.